The van der Waals surface area contributed by atoms with Gasteiger partial charge in [-0.2, -0.15) is 0 Å². The van der Waals surface area contributed by atoms with Crippen molar-refractivity contribution in [1.82, 2.24) is 60.6 Å². The van der Waals surface area contributed by atoms with Crippen molar-refractivity contribution in [2.75, 3.05) is 105 Å². The molecule has 0 saturated carbocycles. The first-order valence-corrected chi connectivity index (χ1v) is 35.5. The molecule has 8 aliphatic rings. The lowest BCUT2D eigenvalue weighted by Gasteiger charge is -2.40. The second kappa shape index (κ2) is 28.1. The number of aldehydes is 1. The smallest absolute Gasteiger partial charge is 0.262 e. The van der Waals surface area contributed by atoms with Gasteiger partial charge in [0.2, 0.25) is 23.6 Å². The zero-order chi connectivity index (χ0) is 70.4. The third-order valence-electron chi connectivity index (χ3n) is 21.5. The van der Waals surface area contributed by atoms with Gasteiger partial charge in [0, 0.05) is 207 Å². The van der Waals surface area contributed by atoms with Crippen LogP contribution in [0.1, 0.15) is 92.8 Å². The van der Waals surface area contributed by atoms with Gasteiger partial charge in [-0.25, -0.2) is 9.97 Å². The van der Waals surface area contributed by atoms with Crippen LogP contribution in [0.5, 0.6) is 0 Å². The molecule has 0 radical (unpaired) electrons. The van der Waals surface area contributed by atoms with Crippen molar-refractivity contribution in [3.63, 3.8) is 0 Å². The third kappa shape index (κ3) is 13.1. The molecule has 5 N–H and O–H groups in total. The number of H-pyrrole nitrogens is 2. The summed E-state index contributed by atoms with van der Waals surface area (Å²) in [7, 11) is 0. The van der Waals surface area contributed by atoms with E-state index in [2.05, 4.69) is 126 Å². The van der Waals surface area contributed by atoms with E-state index < -0.39 is 47.5 Å². The number of carbonyl (C=O) groups excluding carboxylic acids is 9. The van der Waals surface area contributed by atoms with Gasteiger partial charge in [-0.15, -0.1) is 0 Å². The van der Waals surface area contributed by atoms with Crippen molar-refractivity contribution >= 4 is 120 Å². The van der Waals surface area contributed by atoms with Gasteiger partial charge in [0.15, 0.2) is 0 Å². The molecule has 18 rings (SSSR count). The van der Waals surface area contributed by atoms with E-state index in [0.29, 0.717) is 28.2 Å². The highest BCUT2D eigenvalue weighted by Gasteiger charge is 2.47. The second-order valence-electron chi connectivity index (χ2n) is 27.7. The Labute approximate surface area is 592 Å². The molecule has 6 fully saturated rings. The number of nitrogens with one attached hydrogen (secondary N) is 5. The minimum atomic E-state index is -0.956. The molecule has 10 aromatic rings. The van der Waals surface area contributed by atoms with Crippen molar-refractivity contribution < 1.29 is 43.2 Å². The Hall–Kier alpha value is -11.6. The highest BCUT2D eigenvalue weighted by Crippen LogP contribution is 2.36. The molecule has 25 nitrogen and oxygen atoms in total. The first kappa shape index (κ1) is 66.0. The van der Waals surface area contributed by atoms with E-state index in [1.54, 1.807) is 30.5 Å². The van der Waals surface area contributed by atoms with Gasteiger partial charge in [0.05, 0.1) is 22.3 Å². The average Bonchev–Trinajstić information content (AvgIpc) is 1.61. The summed E-state index contributed by atoms with van der Waals surface area (Å²) in [6, 6.07) is 34.2. The quantitative estimate of drug-likeness (QED) is 0.0607. The number of rotatable bonds is 11. The number of piperazine rings is 2. The Morgan fingerprint density at radius 1 is 0.408 bits per heavy atom. The topological polar surface area (TPSA) is 296 Å². The SMILES string of the molecule is O=C1CCC(N2C(=O)c3ccc(N4CCN(CC5CCN(c6ccc(-c7ccc8c(c7)[nH]c7ccncc78)cn6)CC5)CC4)cc3C2=O)C(=O)N1.O=C1CCC(N2C(=O)c3ccc(N4CCNCC4)cc3C2=O)C(=O)N1.O=CC1CCN(c2ccc(-c3ccc4c(c3)[nH]c3ccncc34)cn2)CC1. The molecule has 4 aromatic carbocycles. The lowest BCUT2D eigenvalue weighted by atomic mass is 9.95. The van der Waals surface area contributed by atoms with Gasteiger partial charge in [-0.1, -0.05) is 24.3 Å². The minimum Gasteiger partial charge on any atom is -0.369 e. The van der Waals surface area contributed by atoms with Crippen molar-refractivity contribution in [2.45, 2.75) is 63.5 Å². The number of pyridine rings is 4. The molecule has 8 aliphatic heterocycles. The standard InChI is InChI=1S/C39H38N8O4.C22H20N4O.C17H18N4O4/c48-36-8-6-34(37(49)43-36)47-38(50)29-5-3-27(20-30(29)39(47)51)45-17-15-44(16-18-45)23-24-10-13-46(14-11-24)35-7-2-26(21-41-35)25-1-4-28-31-22-40-12-9-32(31)42-33(28)19-25;27-14-15-6-9-26(10-7-15)22-4-2-17(12-24-22)16-1-3-18-19-13-23-8-5-20(19)25-21(18)11-16;22-14-4-3-13(15(23)19-14)21-16(24)11-2-1-10(9-12(11)17(21)25)20-7-5-18-6-8-20/h1-5,7,9,12,19-22,24,34,42H,6,8,10-11,13-18,23H2,(H,43,48,49);1-5,8,11-15,25H,6-7,9-10H2;1-2,9,13,18H,3-8H2,(H,19,22,23). The highest BCUT2D eigenvalue weighted by atomic mass is 16.2. The van der Waals surface area contributed by atoms with Crippen molar-refractivity contribution in [3.8, 4) is 22.3 Å². The Balaban J connectivity index is 0.000000132. The van der Waals surface area contributed by atoms with E-state index in [4.69, 9.17) is 4.98 Å². The maximum Gasteiger partial charge on any atom is 0.262 e. The monoisotopic (exact) mass is 1380 g/mol. The normalized spacial score (nSPS) is 20.0. The summed E-state index contributed by atoms with van der Waals surface area (Å²) < 4.78 is 0. The molecule has 2 atom stereocenters. The lowest BCUT2D eigenvalue weighted by molar-refractivity contribution is -0.137. The lowest BCUT2D eigenvalue weighted by Crippen LogP contribution is -2.54. The van der Waals surface area contributed by atoms with Crippen molar-refractivity contribution in [3.05, 3.63) is 169 Å². The molecular formula is C78H76N16O9. The zero-order valence-electron chi connectivity index (χ0n) is 56.7. The average molecular weight is 1380 g/mol. The number of imide groups is 4. The predicted octanol–water partition coefficient (Wildman–Crippen LogP) is 7.91. The van der Waals surface area contributed by atoms with Gasteiger partial charge in [0.25, 0.3) is 23.6 Å². The van der Waals surface area contributed by atoms with Gasteiger partial charge < -0.3 is 39.7 Å². The van der Waals surface area contributed by atoms with Crippen LogP contribution in [0.4, 0.5) is 23.0 Å². The number of aromatic nitrogens is 6. The molecule has 0 spiro atoms. The van der Waals surface area contributed by atoms with E-state index >= 15 is 0 Å². The van der Waals surface area contributed by atoms with Crippen LogP contribution in [0.15, 0.2) is 146 Å². The van der Waals surface area contributed by atoms with Gasteiger partial charge >= 0.3 is 0 Å². The van der Waals surface area contributed by atoms with Crippen LogP contribution < -0.4 is 35.6 Å². The predicted molar refractivity (Wildman–Crippen MR) is 390 cm³/mol. The van der Waals surface area contributed by atoms with Crippen molar-refractivity contribution in [1.29, 1.82) is 0 Å². The Morgan fingerprint density at radius 2 is 0.864 bits per heavy atom. The van der Waals surface area contributed by atoms with Crippen LogP contribution in [0.2, 0.25) is 0 Å². The summed E-state index contributed by atoms with van der Waals surface area (Å²) in [5.74, 6) is -0.969. The highest BCUT2D eigenvalue weighted by molar-refractivity contribution is 6.25. The van der Waals surface area contributed by atoms with E-state index in [1.807, 2.05) is 55.2 Å². The fourth-order valence-corrected chi connectivity index (χ4v) is 15.7. The van der Waals surface area contributed by atoms with Gasteiger partial charge in [-0.3, -0.25) is 73.7 Å². The number of fused-ring (bicyclic) bond motifs is 8. The van der Waals surface area contributed by atoms with Crippen LogP contribution in [0.3, 0.4) is 0 Å². The summed E-state index contributed by atoms with van der Waals surface area (Å²) in [6.07, 6.45) is 17.1. The number of benzene rings is 4. The van der Waals surface area contributed by atoms with Crippen LogP contribution >= 0.6 is 0 Å². The summed E-state index contributed by atoms with van der Waals surface area (Å²) in [4.78, 5) is 149. The van der Waals surface area contributed by atoms with Gasteiger partial charge in [-0.05, 0) is 140 Å². The number of hydrogen-bond donors (Lipinski definition) is 5. The number of hydrogen-bond acceptors (Lipinski definition) is 19. The molecule has 522 valence electrons. The molecule has 14 heterocycles. The zero-order valence-corrected chi connectivity index (χ0v) is 56.7. The van der Waals surface area contributed by atoms with Crippen molar-refractivity contribution in [2.24, 2.45) is 11.8 Å². The molecule has 0 aliphatic carbocycles. The molecule has 6 aromatic heterocycles. The Morgan fingerprint density at radius 3 is 1.32 bits per heavy atom. The number of aromatic amines is 2. The van der Waals surface area contributed by atoms with Crippen LogP contribution in [0.25, 0.3) is 65.9 Å². The van der Waals surface area contributed by atoms with E-state index in [-0.39, 0.29) is 43.4 Å². The summed E-state index contributed by atoms with van der Waals surface area (Å²) in [6.45, 7) is 11.7. The second-order valence-corrected chi connectivity index (χ2v) is 27.7. The van der Waals surface area contributed by atoms with Gasteiger partial charge in [0.1, 0.15) is 30.0 Å². The Kier molecular flexibility index (Phi) is 18.0. The Bertz CT molecular complexity index is 5030. The van der Waals surface area contributed by atoms with E-state index in [9.17, 15) is 43.2 Å². The molecular weight excluding hydrogens is 1300 g/mol. The first-order chi connectivity index (χ1) is 50.3. The molecule has 6 saturated heterocycles. The largest absolute Gasteiger partial charge is 0.369 e. The third-order valence-corrected chi connectivity index (χ3v) is 21.5. The fraction of sp³-hybridized carbons (Fsp3) is 0.321. The maximum absolute atomic E-state index is 13.3. The number of carbonyl (C=O) groups is 9. The van der Waals surface area contributed by atoms with Crippen LogP contribution in [-0.4, -0.2) is 195 Å². The summed E-state index contributed by atoms with van der Waals surface area (Å²) >= 11 is 0. The fourth-order valence-electron chi connectivity index (χ4n) is 15.7. The molecule has 0 bridgehead atoms. The van der Waals surface area contributed by atoms with E-state index in [0.717, 1.165) is 205 Å². The molecule has 25 heteroatoms. The van der Waals surface area contributed by atoms with Crippen LogP contribution in [-0.2, 0) is 24.0 Å². The number of piperidine rings is 4. The summed E-state index contributed by atoms with van der Waals surface area (Å²) in [5, 5.41) is 12.4. The summed E-state index contributed by atoms with van der Waals surface area (Å²) in [5.41, 5.74) is 11.9. The number of anilines is 4. The molecule has 2 unspecified atom stereocenters. The number of amides is 8. The minimum absolute atomic E-state index is 0.105. The molecule has 8 amide bonds. The maximum atomic E-state index is 13.3. The van der Waals surface area contributed by atoms with E-state index in [1.165, 1.54) is 10.8 Å². The number of nitrogens with zero attached hydrogens (tertiary/aromatic N) is 11. The first-order valence-electron chi connectivity index (χ1n) is 35.5. The van der Waals surface area contributed by atoms with Crippen LogP contribution in [0, 0.1) is 11.8 Å². The molecule has 103 heavy (non-hydrogen) atoms.